The molecule has 0 aromatic rings. The van der Waals surface area contributed by atoms with E-state index in [0.29, 0.717) is 0 Å². The Morgan fingerprint density at radius 2 is 2.12 bits per heavy atom. The topological polar surface area (TPSA) is 15.3 Å². The van der Waals surface area contributed by atoms with Gasteiger partial charge in [0, 0.05) is 6.04 Å². The second kappa shape index (κ2) is 6.41. The molecular formula is C14H26N2. The van der Waals surface area contributed by atoms with E-state index in [2.05, 4.69) is 29.4 Å². The van der Waals surface area contributed by atoms with Crippen molar-refractivity contribution >= 4 is 0 Å². The van der Waals surface area contributed by atoms with Crippen LogP contribution in [0.3, 0.4) is 0 Å². The first kappa shape index (κ1) is 12.1. The zero-order valence-electron chi connectivity index (χ0n) is 10.6. The molecular weight excluding hydrogens is 196 g/mol. The van der Waals surface area contributed by atoms with Crippen molar-refractivity contribution in [3.63, 3.8) is 0 Å². The van der Waals surface area contributed by atoms with Gasteiger partial charge in [-0.15, -0.1) is 0 Å². The van der Waals surface area contributed by atoms with Crippen LogP contribution in [0.15, 0.2) is 12.2 Å². The maximum absolute atomic E-state index is 3.79. The molecule has 1 heterocycles. The lowest BCUT2D eigenvalue weighted by atomic mass is 9.94. The number of rotatable bonds is 3. The van der Waals surface area contributed by atoms with Crippen LogP contribution in [0.5, 0.6) is 0 Å². The third-order valence-corrected chi connectivity index (χ3v) is 4.02. The van der Waals surface area contributed by atoms with Crippen LogP contribution < -0.4 is 5.32 Å². The van der Waals surface area contributed by atoms with Gasteiger partial charge in [0.05, 0.1) is 0 Å². The average Bonchev–Trinajstić information content (AvgIpc) is 2.53. The van der Waals surface area contributed by atoms with Gasteiger partial charge in [-0.1, -0.05) is 12.2 Å². The van der Waals surface area contributed by atoms with Gasteiger partial charge in [-0.05, 0) is 71.1 Å². The van der Waals surface area contributed by atoms with Crippen molar-refractivity contribution in [2.45, 2.75) is 44.6 Å². The van der Waals surface area contributed by atoms with E-state index in [4.69, 9.17) is 0 Å². The zero-order valence-corrected chi connectivity index (χ0v) is 10.6. The number of nitrogens with zero attached hydrogens (tertiary/aromatic N) is 1. The van der Waals surface area contributed by atoms with Crippen molar-refractivity contribution in [3.05, 3.63) is 12.2 Å². The molecule has 2 nitrogen and oxygen atoms in total. The quantitative estimate of drug-likeness (QED) is 0.738. The Bertz CT molecular complexity index is 225. The van der Waals surface area contributed by atoms with Crippen LogP contribution in [0.4, 0.5) is 0 Å². The van der Waals surface area contributed by atoms with Crippen LogP contribution in [-0.2, 0) is 0 Å². The van der Waals surface area contributed by atoms with Gasteiger partial charge in [-0.3, -0.25) is 0 Å². The molecule has 1 aliphatic carbocycles. The number of hydrogen-bond acceptors (Lipinski definition) is 2. The standard InChI is InChI=1S/C14H26N2/c1-16-10-5-8-14(9-11-16)15-12-13-6-3-2-4-7-13/h2-3,13-15H,4-12H2,1H3. The Kier molecular flexibility index (Phi) is 4.86. The summed E-state index contributed by atoms with van der Waals surface area (Å²) in [7, 11) is 2.24. The number of nitrogens with one attached hydrogen (secondary N) is 1. The van der Waals surface area contributed by atoms with Crippen molar-refractivity contribution in [1.82, 2.24) is 10.2 Å². The molecule has 16 heavy (non-hydrogen) atoms. The minimum absolute atomic E-state index is 0.774. The smallest absolute Gasteiger partial charge is 0.00798 e. The lowest BCUT2D eigenvalue weighted by molar-refractivity contribution is 0.338. The summed E-state index contributed by atoms with van der Waals surface area (Å²) in [5, 5.41) is 3.79. The average molecular weight is 222 g/mol. The molecule has 92 valence electrons. The molecule has 0 amide bonds. The minimum Gasteiger partial charge on any atom is -0.314 e. The Morgan fingerprint density at radius 3 is 2.94 bits per heavy atom. The molecule has 0 aromatic carbocycles. The second-order valence-corrected chi connectivity index (χ2v) is 5.49. The van der Waals surface area contributed by atoms with E-state index in [1.165, 1.54) is 58.2 Å². The van der Waals surface area contributed by atoms with E-state index in [1.54, 1.807) is 0 Å². The number of allylic oxidation sites excluding steroid dienone is 2. The maximum Gasteiger partial charge on any atom is 0.00798 e. The highest BCUT2D eigenvalue weighted by Crippen LogP contribution is 2.18. The number of hydrogen-bond donors (Lipinski definition) is 1. The summed E-state index contributed by atoms with van der Waals surface area (Å²) >= 11 is 0. The fourth-order valence-electron chi connectivity index (χ4n) is 2.82. The zero-order chi connectivity index (χ0) is 11.2. The Hall–Kier alpha value is -0.340. The summed E-state index contributed by atoms with van der Waals surface area (Å²) in [6.07, 6.45) is 12.7. The summed E-state index contributed by atoms with van der Waals surface area (Å²) in [6, 6.07) is 0.774. The fraction of sp³-hybridized carbons (Fsp3) is 0.857. The lowest BCUT2D eigenvalue weighted by Crippen LogP contribution is -2.34. The van der Waals surface area contributed by atoms with Crippen molar-refractivity contribution < 1.29 is 0 Å². The van der Waals surface area contributed by atoms with Gasteiger partial charge in [0.1, 0.15) is 0 Å². The van der Waals surface area contributed by atoms with Crippen LogP contribution >= 0.6 is 0 Å². The van der Waals surface area contributed by atoms with Crippen LogP contribution in [0.25, 0.3) is 0 Å². The molecule has 2 rings (SSSR count). The van der Waals surface area contributed by atoms with E-state index in [0.717, 1.165) is 12.0 Å². The predicted molar refractivity (Wildman–Crippen MR) is 69.6 cm³/mol. The monoisotopic (exact) mass is 222 g/mol. The highest BCUT2D eigenvalue weighted by molar-refractivity contribution is 4.91. The second-order valence-electron chi connectivity index (χ2n) is 5.49. The molecule has 0 bridgehead atoms. The van der Waals surface area contributed by atoms with Crippen molar-refractivity contribution in [3.8, 4) is 0 Å². The molecule has 0 radical (unpaired) electrons. The van der Waals surface area contributed by atoms with Crippen molar-refractivity contribution in [2.24, 2.45) is 5.92 Å². The van der Waals surface area contributed by atoms with Gasteiger partial charge in [0.25, 0.3) is 0 Å². The Labute approximate surface area is 100 Å². The van der Waals surface area contributed by atoms with Gasteiger partial charge in [0.2, 0.25) is 0 Å². The minimum atomic E-state index is 0.774. The number of likely N-dealkylation sites (tertiary alicyclic amines) is 1. The van der Waals surface area contributed by atoms with Gasteiger partial charge in [-0.2, -0.15) is 0 Å². The van der Waals surface area contributed by atoms with E-state index in [9.17, 15) is 0 Å². The Balaban J connectivity index is 1.66. The van der Waals surface area contributed by atoms with Gasteiger partial charge < -0.3 is 10.2 Å². The summed E-state index contributed by atoms with van der Waals surface area (Å²) in [4.78, 5) is 2.46. The highest BCUT2D eigenvalue weighted by atomic mass is 15.1. The van der Waals surface area contributed by atoms with Gasteiger partial charge in [0.15, 0.2) is 0 Å². The molecule has 2 atom stereocenters. The van der Waals surface area contributed by atoms with Crippen molar-refractivity contribution in [2.75, 3.05) is 26.7 Å². The van der Waals surface area contributed by atoms with E-state index < -0.39 is 0 Å². The van der Waals surface area contributed by atoms with E-state index in [1.807, 2.05) is 0 Å². The van der Waals surface area contributed by atoms with E-state index >= 15 is 0 Å². The summed E-state index contributed by atoms with van der Waals surface area (Å²) in [5.74, 6) is 0.894. The van der Waals surface area contributed by atoms with Crippen LogP contribution in [0, 0.1) is 5.92 Å². The van der Waals surface area contributed by atoms with E-state index in [-0.39, 0.29) is 0 Å². The fourth-order valence-corrected chi connectivity index (χ4v) is 2.82. The SMILES string of the molecule is CN1CCCC(NCC2CC=CCC2)CC1. The molecule has 1 N–H and O–H groups in total. The van der Waals surface area contributed by atoms with Crippen LogP contribution in [0.1, 0.15) is 38.5 Å². The molecule has 1 fully saturated rings. The summed E-state index contributed by atoms with van der Waals surface area (Å²) in [5.41, 5.74) is 0. The van der Waals surface area contributed by atoms with Crippen LogP contribution in [-0.4, -0.2) is 37.6 Å². The van der Waals surface area contributed by atoms with Crippen LogP contribution in [0.2, 0.25) is 0 Å². The normalized spacial score (nSPS) is 32.6. The first-order valence-electron chi connectivity index (χ1n) is 6.91. The molecule has 0 aromatic heterocycles. The van der Waals surface area contributed by atoms with Gasteiger partial charge in [-0.25, -0.2) is 0 Å². The first-order valence-corrected chi connectivity index (χ1v) is 6.91. The summed E-state index contributed by atoms with van der Waals surface area (Å²) < 4.78 is 0. The molecule has 0 saturated carbocycles. The molecule has 2 unspecified atom stereocenters. The first-order chi connectivity index (χ1) is 7.84. The third-order valence-electron chi connectivity index (χ3n) is 4.02. The largest absolute Gasteiger partial charge is 0.314 e. The highest BCUT2D eigenvalue weighted by Gasteiger charge is 2.16. The maximum atomic E-state index is 3.79. The molecule has 2 aliphatic rings. The molecule has 0 spiro atoms. The van der Waals surface area contributed by atoms with Gasteiger partial charge >= 0.3 is 0 Å². The molecule has 1 saturated heterocycles. The molecule has 1 aliphatic heterocycles. The summed E-state index contributed by atoms with van der Waals surface area (Å²) in [6.45, 7) is 3.78. The predicted octanol–water partition coefficient (Wildman–Crippen LogP) is 2.42. The molecule has 2 heteroatoms. The lowest BCUT2D eigenvalue weighted by Gasteiger charge is -2.22. The van der Waals surface area contributed by atoms with Crippen molar-refractivity contribution in [1.29, 1.82) is 0 Å². The Morgan fingerprint density at radius 1 is 1.19 bits per heavy atom. The third kappa shape index (κ3) is 3.91.